The van der Waals surface area contributed by atoms with Crippen LogP contribution < -0.4 is 10.4 Å². The minimum absolute atomic E-state index is 0.462. The molecule has 1 aromatic carbocycles. The smallest absolute Gasteiger partial charge is 0.366 e. The van der Waals surface area contributed by atoms with Crippen molar-refractivity contribution < 1.29 is 15.1 Å². The molecular formula is C10H13N3O+2. The molecule has 14 heavy (non-hydrogen) atoms. The topological polar surface area (TPSA) is 64.8 Å². The van der Waals surface area contributed by atoms with E-state index in [1.165, 1.54) is 0 Å². The molecule has 0 saturated heterocycles. The molecule has 0 aliphatic rings. The first-order valence-corrected chi connectivity index (χ1v) is 4.55. The van der Waals surface area contributed by atoms with Gasteiger partial charge in [0.15, 0.2) is 11.0 Å². The number of rotatable bonds is 2. The number of nitrogens with one attached hydrogen (secondary N) is 2. The maximum absolute atomic E-state index is 5.74. The number of aromatic amines is 2. The van der Waals surface area contributed by atoms with Crippen LogP contribution in [0.15, 0.2) is 24.5 Å². The summed E-state index contributed by atoms with van der Waals surface area (Å²) in [5.41, 5.74) is 2.97. The van der Waals surface area contributed by atoms with Crippen molar-refractivity contribution in [1.82, 2.24) is 4.98 Å². The van der Waals surface area contributed by atoms with Gasteiger partial charge in [-0.2, -0.15) is 0 Å². The van der Waals surface area contributed by atoms with E-state index < -0.39 is 0 Å². The summed E-state index contributed by atoms with van der Waals surface area (Å²) >= 11 is 0. The quantitative estimate of drug-likeness (QED) is 0.489. The molecule has 1 heterocycles. The van der Waals surface area contributed by atoms with E-state index in [1.807, 2.05) is 25.1 Å². The van der Waals surface area contributed by atoms with Gasteiger partial charge in [-0.1, -0.05) is 0 Å². The average molecular weight is 191 g/mol. The Kier molecular flexibility index (Phi) is 2.18. The molecule has 0 aliphatic heterocycles. The first-order chi connectivity index (χ1) is 6.81. The summed E-state index contributed by atoms with van der Waals surface area (Å²) in [6.07, 6.45) is 1.78. The SMILES string of the molecule is CCOC(=[NH2+])c1ccc2[nH+]c[nH]c2c1. The molecule has 4 N–H and O–H groups in total. The molecule has 0 unspecified atom stereocenters. The Morgan fingerprint density at radius 1 is 1.57 bits per heavy atom. The van der Waals surface area contributed by atoms with E-state index in [4.69, 9.17) is 10.1 Å². The first kappa shape index (κ1) is 8.74. The van der Waals surface area contributed by atoms with Crippen LogP contribution in [0.5, 0.6) is 0 Å². The van der Waals surface area contributed by atoms with Gasteiger partial charge in [0, 0.05) is 6.07 Å². The van der Waals surface area contributed by atoms with Crippen LogP contribution >= 0.6 is 0 Å². The summed E-state index contributed by atoms with van der Waals surface area (Å²) in [6, 6.07) is 5.85. The number of fused-ring (bicyclic) bond motifs is 1. The summed E-state index contributed by atoms with van der Waals surface area (Å²) in [5.74, 6) is 0.462. The molecule has 2 aromatic rings. The molecule has 0 spiro atoms. The molecule has 0 bridgehead atoms. The Hall–Kier alpha value is -1.84. The third-order valence-electron chi connectivity index (χ3n) is 2.06. The number of aromatic nitrogens is 2. The van der Waals surface area contributed by atoms with Crippen molar-refractivity contribution in [2.45, 2.75) is 6.92 Å². The fourth-order valence-electron chi connectivity index (χ4n) is 1.37. The van der Waals surface area contributed by atoms with Crippen LogP contribution in [0.4, 0.5) is 0 Å². The molecule has 1 aromatic heterocycles. The molecule has 4 heteroatoms. The number of H-pyrrole nitrogens is 2. The molecule has 0 radical (unpaired) electrons. The highest BCUT2D eigenvalue weighted by Gasteiger charge is 2.10. The average Bonchev–Trinajstić information content (AvgIpc) is 2.64. The van der Waals surface area contributed by atoms with E-state index in [9.17, 15) is 0 Å². The molecule has 4 nitrogen and oxygen atoms in total. The van der Waals surface area contributed by atoms with Crippen molar-refractivity contribution in [2.24, 2.45) is 0 Å². The van der Waals surface area contributed by atoms with E-state index in [0.717, 1.165) is 16.6 Å². The zero-order chi connectivity index (χ0) is 9.97. The van der Waals surface area contributed by atoms with Crippen LogP contribution in [0.1, 0.15) is 12.5 Å². The van der Waals surface area contributed by atoms with Crippen molar-refractivity contribution >= 4 is 16.9 Å². The monoisotopic (exact) mass is 191 g/mol. The summed E-state index contributed by atoms with van der Waals surface area (Å²) in [7, 11) is 0. The van der Waals surface area contributed by atoms with Gasteiger partial charge in [0.2, 0.25) is 6.33 Å². The first-order valence-electron chi connectivity index (χ1n) is 4.55. The highest BCUT2D eigenvalue weighted by atomic mass is 16.5. The minimum Gasteiger partial charge on any atom is -0.445 e. The summed E-state index contributed by atoms with van der Waals surface area (Å²) < 4.78 is 5.22. The van der Waals surface area contributed by atoms with Crippen LogP contribution in [-0.4, -0.2) is 17.5 Å². The predicted octanol–water partition coefficient (Wildman–Crippen LogP) is -0.476. The molecular weight excluding hydrogens is 178 g/mol. The van der Waals surface area contributed by atoms with Crippen molar-refractivity contribution in [2.75, 3.05) is 6.61 Å². The molecule has 72 valence electrons. The van der Waals surface area contributed by atoms with Gasteiger partial charge in [-0.15, -0.1) is 0 Å². The molecule has 0 amide bonds. The fourth-order valence-corrected chi connectivity index (χ4v) is 1.37. The normalized spacial score (nSPS) is 10.4. The Morgan fingerprint density at radius 2 is 2.43 bits per heavy atom. The Bertz CT molecular complexity index is 461. The van der Waals surface area contributed by atoms with Crippen LogP contribution in [0.25, 0.3) is 11.0 Å². The van der Waals surface area contributed by atoms with Crippen molar-refractivity contribution in [3.63, 3.8) is 0 Å². The largest absolute Gasteiger partial charge is 0.445 e. The second-order valence-corrected chi connectivity index (χ2v) is 2.99. The van der Waals surface area contributed by atoms with Crippen LogP contribution in [0.2, 0.25) is 0 Å². The minimum atomic E-state index is 0.462. The van der Waals surface area contributed by atoms with Crippen molar-refractivity contribution in [1.29, 1.82) is 0 Å². The van der Waals surface area contributed by atoms with Crippen molar-refractivity contribution in [3.05, 3.63) is 30.1 Å². The second-order valence-electron chi connectivity index (χ2n) is 2.99. The Balaban J connectivity index is 2.38. The van der Waals surface area contributed by atoms with Gasteiger partial charge in [-0.25, -0.2) is 15.4 Å². The Morgan fingerprint density at radius 3 is 3.21 bits per heavy atom. The van der Waals surface area contributed by atoms with E-state index in [-0.39, 0.29) is 0 Å². The maximum atomic E-state index is 5.74. The van der Waals surface area contributed by atoms with Crippen LogP contribution in [0.3, 0.4) is 0 Å². The predicted molar refractivity (Wildman–Crippen MR) is 52.5 cm³/mol. The zero-order valence-electron chi connectivity index (χ0n) is 8.00. The van der Waals surface area contributed by atoms with Crippen LogP contribution in [-0.2, 0) is 4.74 Å². The maximum Gasteiger partial charge on any atom is 0.366 e. The number of benzene rings is 1. The van der Waals surface area contributed by atoms with Gasteiger partial charge >= 0.3 is 5.90 Å². The second kappa shape index (κ2) is 3.49. The number of imidazole rings is 1. The van der Waals surface area contributed by atoms with E-state index >= 15 is 0 Å². The lowest BCUT2D eigenvalue weighted by atomic mass is 10.2. The zero-order valence-corrected chi connectivity index (χ0v) is 8.00. The highest BCUT2D eigenvalue weighted by Crippen LogP contribution is 2.09. The van der Waals surface area contributed by atoms with Crippen LogP contribution in [0, 0.1) is 0 Å². The van der Waals surface area contributed by atoms with Crippen molar-refractivity contribution in [3.8, 4) is 0 Å². The van der Waals surface area contributed by atoms with Gasteiger partial charge in [0.1, 0.15) is 0 Å². The summed E-state index contributed by atoms with van der Waals surface area (Å²) in [5, 5.41) is 5.74. The standard InChI is InChI=1S/C10H11N3O/c1-2-14-10(11)7-3-4-8-9(5-7)13-6-12-8/h3-6,11H,2H2,1H3,(H,12,13)/p+2. The third-order valence-corrected chi connectivity index (χ3v) is 2.06. The van der Waals surface area contributed by atoms with Gasteiger partial charge in [-0.05, 0) is 19.1 Å². The fraction of sp³-hybridized carbons (Fsp3) is 0.200. The molecule has 0 saturated carbocycles. The third kappa shape index (κ3) is 1.46. The Labute approximate surface area is 81.4 Å². The van der Waals surface area contributed by atoms with Gasteiger partial charge in [0.25, 0.3) is 0 Å². The van der Waals surface area contributed by atoms with E-state index in [2.05, 4.69) is 9.97 Å². The number of nitrogens with two attached hydrogens (primary N) is 1. The summed E-state index contributed by atoms with van der Waals surface area (Å²) in [6.45, 7) is 2.49. The number of hydrogen-bond acceptors (Lipinski definition) is 1. The van der Waals surface area contributed by atoms with Gasteiger partial charge < -0.3 is 4.74 Å². The number of ether oxygens (including phenoxy) is 1. The lowest BCUT2D eigenvalue weighted by Crippen LogP contribution is -2.42. The summed E-state index contributed by atoms with van der Waals surface area (Å²) in [4.78, 5) is 6.15. The molecule has 0 atom stereocenters. The molecule has 2 rings (SSSR count). The van der Waals surface area contributed by atoms with Gasteiger partial charge in [-0.3, -0.25) is 0 Å². The number of hydrogen-bond donors (Lipinski definition) is 2. The van der Waals surface area contributed by atoms with E-state index in [1.54, 1.807) is 6.33 Å². The highest BCUT2D eigenvalue weighted by molar-refractivity contribution is 5.92. The lowest BCUT2D eigenvalue weighted by molar-refractivity contribution is -0.344. The van der Waals surface area contributed by atoms with Gasteiger partial charge in [0.05, 0.1) is 12.2 Å². The van der Waals surface area contributed by atoms with E-state index in [0.29, 0.717) is 12.5 Å². The molecule has 0 aliphatic carbocycles. The lowest BCUT2D eigenvalue weighted by Gasteiger charge is -1.97. The molecule has 0 fully saturated rings.